The smallest absolute Gasteiger partial charge is 0.182 e. The van der Waals surface area contributed by atoms with Crippen molar-refractivity contribution in [1.29, 1.82) is 0 Å². The molecule has 0 amide bonds. The molecule has 0 bridgehead atoms. The molecule has 0 heterocycles. The van der Waals surface area contributed by atoms with E-state index in [1.54, 1.807) is 0 Å². The summed E-state index contributed by atoms with van der Waals surface area (Å²) in [5, 5.41) is 0. The van der Waals surface area contributed by atoms with Crippen LogP contribution in [0.1, 0.15) is 53.4 Å². The van der Waals surface area contributed by atoms with Crippen LogP contribution < -0.4 is 0 Å². The molecule has 0 aromatic carbocycles. The third-order valence-corrected chi connectivity index (χ3v) is 3.08. The molecular formula is C15H22O. The van der Waals surface area contributed by atoms with E-state index in [9.17, 15) is 4.79 Å². The Balaban J connectivity index is 3.02. The van der Waals surface area contributed by atoms with Crippen molar-refractivity contribution in [2.45, 2.75) is 53.4 Å². The van der Waals surface area contributed by atoms with Gasteiger partial charge in [-0.1, -0.05) is 22.8 Å². The van der Waals surface area contributed by atoms with Crippen molar-refractivity contribution in [3.63, 3.8) is 0 Å². The van der Waals surface area contributed by atoms with Crippen LogP contribution in [0.2, 0.25) is 0 Å². The fourth-order valence-corrected chi connectivity index (χ4v) is 1.96. The Labute approximate surface area is 98.9 Å². The van der Waals surface area contributed by atoms with Gasteiger partial charge in [-0.2, -0.15) is 0 Å². The molecular weight excluding hydrogens is 196 g/mol. The summed E-state index contributed by atoms with van der Waals surface area (Å²) in [6.45, 7) is 8.26. The lowest BCUT2D eigenvalue weighted by Crippen LogP contribution is -2.02. The van der Waals surface area contributed by atoms with Crippen LogP contribution in [0.3, 0.4) is 0 Å². The topological polar surface area (TPSA) is 17.1 Å². The average Bonchev–Trinajstić information content (AvgIpc) is 2.16. The van der Waals surface area contributed by atoms with Gasteiger partial charge in [0, 0.05) is 5.57 Å². The molecule has 0 aliphatic heterocycles. The van der Waals surface area contributed by atoms with Gasteiger partial charge in [0.05, 0.1) is 0 Å². The normalized spacial score (nSPS) is 25.5. The highest BCUT2D eigenvalue weighted by molar-refractivity contribution is 6.05. The van der Waals surface area contributed by atoms with Crippen molar-refractivity contribution in [2.24, 2.45) is 0 Å². The predicted octanol–water partition coefficient (Wildman–Crippen LogP) is 4.36. The van der Waals surface area contributed by atoms with Crippen molar-refractivity contribution >= 4 is 5.78 Å². The second-order valence-corrected chi connectivity index (χ2v) is 4.94. The molecule has 0 unspecified atom stereocenters. The molecule has 0 atom stereocenters. The lowest BCUT2D eigenvalue weighted by Gasteiger charge is -2.09. The van der Waals surface area contributed by atoms with Gasteiger partial charge in [0.15, 0.2) is 5.78 Å². The minimum Gasteiger partial charge on any atom is -0.290 e. The molecule has 0 N–H and O–H groups in total. The maximum absolute atomic E-state index is 12.0. The van der Waals surface area contributed by atoms with Gasteiger partial charge < -0.3 is 0 Å². The highest BCUT2D eigenvalue weighted by Crippen LogP contribution is 2.19. The van der Waals surface area contributed by atoms with Crippen molar-refractivity contribution in [3.8, 4) is 0 Å². The van der Waals surface area contributed by atoms with Gasteiger partial charge in [-0.25, -0.2) is 0 Å². The highest BCUT2D eigenvalue weighted by atomic mass is 16.1. The first-order valence-electron chi connectivity index (χ1n) is 6.04. The van der Waals surface area contributed by atoms with E-state index < -0.39 is 0 Å². The Morgan fingerprint density at radius 2 is 1.75 bits per heavy atom. The summed E-state index contributed by atoms with van der Waals surface area (Å²) in [6, 6.07) is 0. The summed E-state index contributed by atoms with van der Waals surface area (Å²) in [4.78, 5) is 12.0. The minimum absolute atomic E-state index is 0.198. The summed E-state index contributed by atoms with van der Waals surface area (Å²) in [7, 11) is 0. The van der Waals surface area contributed by atoms with Gasteiger partial charge in [-0.3, -0.25) is 4.79 Å². The van der Waals surface area contributed by atoms with Gasteiger partial charge in [-0.05, 0) is 59.5 Å². The van der Waals surface area contributed by atoms with E-state index in [0.717, 1.165) is 36.8 Å². The molecule has 1 aliphatic carbocycles. The zero-order chi connectivity index (χ0) is 12.1. The van der Waals surface area contributed by atoms with Crippen LogP contribution in [0.4, 0.5) is 0 Å². The lowest BCUT2D eigenvalue weighted by molar-refractivity contribution is -0.111. The number of carbonyl (C=O) groups is 1. The number of hydrogen-bond acceptors (Lipinski definition) is 1. The fraction of sp³-hybridized carbons (Fsp3) is 0.533. The SMILES string of the molecule is CC(C)=C1C/C=C(/C)CCC/C(C)=C/C1=O. The standard InChI is InChI=1S/C15H22O/c1-11(2)14-9-8-12(3)6-5-7-13(4)10-15(14)16/h8,10H,5-7,9H2,1-4H3/b12-8-,13-10+. The minimum atomic E-state index is 0.198. The summed E-state index contributed by atoms with van der Waals surface area (Å²) >= 11 is 0. The first-order valence-corrected chi connectivity index (χ1v) is 6.04. The molecule has 16 heavy (non-hydrogen) atoms. The van der Waals surface area contributed by atoms with E-state index in [-0.39, 0.29) is 5.78 Å². The third kappa shape index (κ3) is 3.80. The molecule has 1 nitrogen and oxygen atoms in total. The van der Waals surface area contributed by atoms with Crippen LogP contribution in [-0.4, -0.2) is 5.78 Å². The van der Waals surface area contributed by atoms with Crippen LogP contribution in [0.15, 0.2) is 34.4 Å². The number of ketones is 1. The van der Waals surface area contributed by atoms with E-state index in [0.29, 0.717) is 0 Å². The molecule has 0 fully saturated rings. The van der Waals surface area contributed by atoms with E-state index in [4.69, 9.17) is 0 Å². The average molecular weight is 218 g/mol. The Hall–Kier alpha value is -1.11. The highest BCUT2D eigenvalue weighted by Gasteiger charge is 2.09. The van der Waals surface area contributed by atoms with Crippen LogP contribution in [0.5, 0.6) is 0 Å². The van der Waals surface area contributed by atoms with Crippen LogP contribution in [0.25, 0.3) is 0 Å². The van der Waals surface area contributed by atoms with E-state index in [2.05, 4.69) is 19.9 Å². The van der Waals surface area contributed by atoms with Gasteiger partial charge in [0.25, 0.3) is 0 Å². The largest absolute Gasteiger partial charge is 0.290 e. The van der Waals surface area contributed by atoms with Crippen molar-refractivity contribution in [2.75, 3.05) is 0 Å². The molecule has 1 aliphatic rings. The quantitative estimate of drug-likeness (QED) is 0.436. The number of allylic oxidation sites excluding steroid dienone is 6. The van der Waals surface area contributed by atoms with E-state index >= 15 is 0 Å². The molecule has 0 radical (unpaired) electrons. The van der Waals surface area contributed by atoms with Gasteiger partial charge >= 0.3 is 0 Å². The fourth-order valence-electron chi connectivity index (χ4n) is 1.96. The maximum Gasteiger partial charge on any atom is 0.182 e. The molecule has 0 saturated carbocycles. The molecule has 88 valence electrons. The summed E-state index contributed by atoms with van der Waals surface area (Å²) in [5.41, 5.74) is 4.71. The number of rotatable bonds is 0. The van der Waals surface area contributed by atoms with Crippen LogP contribution in [0, 0.1) is 0 Å². The Morgan fingerprint density at radius 1 is 1.12 bits per heavy atom. The lowest BCUT2D eigenvalue weighted by atomic mass is 9.95. The third-order valence-electron chi connectivity index (χ3n) is 3.08. The van der Waals surface area contributed by atoms with Crippen molar-refractivity contribution < 1.29 is 4.79 Å². The molecule has 1 heteroatoms. The summed E-state index contributed by atoms with van der Waals surface area (Å²) in [5.74, 6) is 0.198. The molecule has 0 aromatic rings. The molecule has 0 spiro atoms. The van der Waals surface area contributed by atoms with E-state index in [1.165, 1.54) is 11.1 Å². The Bertz CT molecular complexity index is 363. The Kier molecular flexibility index (Phi) is 4.72. The monoisotopic (exact) mass is 218 g/mol. The van der Waals surface area contributed by atoms with Gasteiger partial charge in [0.1, 0.15) is 0 Å². The van der Waals surface area contributed by atoms with Crippen LogP contribution >= 0.6 is 0 Å². The van der Waals surface area contributed by atoms with E-state index in [1.807, 2.05) is 19.9 Å². The second kappa shape index (κ2) is 5.83. The first kappa shape index (κ1) is 13.0. The van der Waals surface area contributed by atoms with Gasteiger partial charge in [-0.15, -0.1) is 0 Å². The second-order valence-electron chi connectivity index (χ2n) is 4.94. The van der Waals surface area contributed by atoms with Gasteiger partial charge in [0.2, 0.25) is 0 Å². The Morgan fingerprint density at radius 3 is 2.38 bits per heavy atom. The zero-order valence-electron chi connectivity index (χ0n) is 10.9. The number of hydrogen-bond donors (Lipinski definition) is 0. The van der Waals surface area contributed by atoms with Crippen molar-refractivity contribution in [3.05, 3.63) is 34.4 Å². The summed E-state index contributed by atoms with van der Waals surface area (Å²) < 4.78 is 0. The zero-order valence-corrected chi connectivity index (χ0v) is 10.9. The van der Waals surface area contributed by atoms with Crippen LogP contribution in [-0.2, 0) is 4.79 Å². The number of carbonyl (C=O) groups excluding carboxylic acids is 1. The summed E-state index contributed by atoms with van der Waals surface area (Å²) in [6.07, 6.45) is 8.15. The predicted molar refractivity (Wildman–Crippen MR) is 69.4 cm³/mol. The molecule has 0 saturated heterocycles. The first-order chi connectivity index (χ1) is 7.50. The molecule has 1 rings (SSSR count). The van der Waals surface area contributed by atoms with Crippen molar-refractivity contribution in [1.82, 2.24) is 0 Å². The molecule has 0 aromatic heterocycles. The maximum atomic E-state index is 12.0.